The van der Waals surface area contributed by atoms with Gasteiger partial charge in [0, 0.05) is 35.3 Å². The second-order valence-electron chi connectivity index (χ2n) is 8.16. The van der Waals surface area contributed by atoms with E-state index in [1.807, 2.05) is 71.3 Å². The highest BCUT2D eigenvalue weighted by Gasteiger charge is 2.16. The lowest BCUT2D eigenvalue weighted by molar-refractivity contribution is -0.115. The van der Waals surface area contributed by atoms with Crippen molar-refractivity contribution in [3.63, 3.8) is 0 Å². The van der Waals surface area contributed by atoms with Crippen LogP contribution in [0.5, 0.6) is 17.2 Å². The fourth-order valence-corrected chi connectivity index (χ4v) is 4.72. The molecule has 10 heteroatoms. The number of benzene rings is 3. The van der Waals surface area contributed by atoms with Gasteiger partial charge >= 0.3 is 0 Å². The van der Waals surface area contributed by atoms with E-state index in [0.29, 0.717) is 49.1 Å². The summed E-state index contributed by atoms with van der Waals surface area (Å²) in [6.45, 7) is 1.52. The summed E-state index contributed by atoms with van der Waals surface area (Å²) in [4.78, 5) is 12.6. The Morgan fingerprint density at radius 2 is 1.73 bits per heavy atom. The number of hydrogen-bond donors (Lipinski definition) is 2. The first-order chi connectivity index (χ1) is 18.2. The van der Waals surface area contributed by atoms with E-state index in [-0.39, 0.29) is 5.91 Å². The van der Waals surface area contributed by atoms with E-state index >= 15 is 0 Å². The minimum atomic E-state index is -0.0867. The van der Waals surface area contributed by atoms with Crippen molar-refractivity contribution >= 4 is 29.0 Å². The summed E-state index contributed by atoms with van der Waals surface area (Å²) in [6, 6.07) is 23.1. The molecule has 1 aliphatic rings. The third-order valence-electron chi connectivity index (χ3n) is 5.64. The van der Waals surface area contributed by atoms with E-state index in [2.05, 4.69) is 20.8 Å². The van der Waals surface area contributed by atoms with Crippen molar-refractivity contribution in [2.24, 2.45) is 0 Å². The van der Waals surface area contributed by atoms with Crippen LogP contribution in [0.2, 0.25) is 0 Å². The van der Waals surface area contributed by atoms with Crippen molar-refractivity contribution in [3.05, 3.63) is 78.6 Å². The maximum absolute atomic E-state index is 12.6. The van der Waals surface area contributed by atoms with Gasteiger partial charge in [0.15, 0.2) is 22.5 Å². The number of para-hydroxylation sites is 1. The number of methoxy groups -OCH3 is 1. The van der Waals surface area contributed by atoms with Crippen LogP contribution >= 0.6 is 11.8 Å². The van der Waals surface area contributed by atoms with Crippen molar-refractivity contribution in [3.8, 4) is 22.9 Å². The number of nitrogens with zero attached hydrogens (tertiary/aromatic N) is 3. The van der Waals surface area contributed by atoms with Gasteiger partial charge in [0.2, 0.25) is 5.91 Å². The van der Waals surface area contributed by atoms with E-state index in [9.17, 15) is 4.79 Å². The Morgan fingerprint density at radius 3 is 2.51 bits per heavy atom. The molecular weight excluding hydrogens is 490 g/mol. The van der Waals surface area contributed by atoms with E-state index in [0.717, 1.165) is 28.1 Å². The van der Waals surface area contributed by atoms with Gasteiger partial charge in [-0.25, -0.2) is 0 Å². The first kappa shape index (κ1) is 24.5. The van der Waals surface area contributed by atoms with Gasteiger partial charge in [0.25, 0.3) is 0 Å². The zero-order valence-corrected chi connectivity index (χ0v) is 21.2. The Labute approximate surface area is 219 Å². The molecule has 2 N–H and O–H groups in total. The molecule has 0 unspecified atom stereocenters. The molecule has 5 rings (SSSR count). The zero-order chi connectivity index (χ0) is 25.5. The first-order valence-corrected chi connectivity index (χ1v) is 12.9. The quantitative estimate of drug-likeness (QED) is 0.290. The highest BCUT2D eigenvalue weighted by molar-refractivity contribution is 7.99. The van der Waals surface area contributed by atoms with E-state index in [4.69, 9.17) is 14.2 Å². The molecule has 0 spiro atoms. The average Bonchev–Trinajstić information content (AvgIpc) is 3.35. The van der Waals surface area contributed by atoms with Gasteiger partial charge in [0.1, 0.15) is 19.0 Å². The minimum Gasteiger partial charge on any atom is -0.497 e. The van der Waals surface area contributed by atoms with Crippen LogP contribution in [0.15, 0.2) is 78.0 Å². The van der Waals surface area contributed by atoms with Crippen LogP contribution < -0.4 is 24.8 Å². The van der Waals surface area contributed by atoms with Crippen molar-refractivity contribution in [1.82, 2.24) is 14.8 Å². The van der Waals surface area contributed by atoms with Crippen LogP contribution in [0.25, 0.3) is 5.69 Å². The van der Waals surface area contributed by atoms with Gasteiger partial charge in [-0.2, -0.15) is 0 Å². The maximum Gasteiger partial charge on any atom is 0.225 e. The molecule has 0 fully saturated rings. The molecule has 0 radical (unpaired) electrons. The first-order valence-electron chi connectivity index (χ1n) is 11.9. The Kier molecular flexibility index (Phi) is 7.75. The predicted octanol–water partition coefficient (Wildman–Crippen LogP) is 4.78. The molecule has 4 aromatic rings. The van der Waals surface area contributed by atoms with Crippen LogP contribution in [0, 0.1) is 0 Å². The van der Waals surface area contributed by atoms with Gasteiger partial charge < -0.3 is 24.8 Å². The molecule has 1 aliphatic heterocycles. The molecule has 0 atom stereocenters. The smallest absolute Gasteiger partial charge is 0.225 e. The second-order valence-corrected chi connectivity index (χ2v) is 9.22. The van der Waals surface area contributed by atoms with Gasteiger partial charge in [-0.1, -0.05) is 30.0 Å². The Bertz CT molecular complexity index is 1340. The fraction of sp³-hybridized carbons (Fsp3) is 0.222. The van der Waals surface area contributed by atoms with Crippen LogP contribution in [0.4, 0.5) is 11.4 Å². The Balaban J connectivity index is 1.22. The number of amides is 1. The number of carbonyl (C=O) groups is 1. The van der Waals surface area contributed by atoms with Crippen LogP contribution in [-0.2, 0) is 11.3 Å². The number of nitrogens with one attached hydrogen (secondary N) is 2. The number of thioether (sulfide) groups is 1. The number of hydrogen-bond acceptors (Lipinski definition) is 8. The molecule has 2 heterocycles. The van der Waals surface area contributed by atoms with Crippen LogP contribution in [0.3, 0.4) is 0 Å². The van der Waals surface area contributed by atoms with Crippen LogP contribution in [-0.4, -0.2) is 46.7 Å². The second kappa shape index (κ2) is 11.7. The maximum atomic E-state index is 12.6. The summed E-state index contributed by atoms with van der Waals surface area (Å²) in [7, 11) is 1.64. The fourth-order valence-electron chi connectivity index (χ4n) is 3.81. The van der Waals surface area contributed by atoms with Gasteiger partial charge in [-0.15, -0.1) is 10.2 Å². The topological polar surface area (TPSA) is 99.5 Å². The molecule has 0 saturated carbocycles. The monoisotopic (exact) mass is 517 g/mol. The summed E-state index contributed by atoms with van der Waals surface area (Å²) in [6.07, 6.45) is 0.320. The third kappa shape index (κ3) is 6.15. The lowest BCUT2D eigenvalue weighted by Gasteiger charge is -2.19. The third-order valence-corrected chi connectivity index (χ3v) is 6.57. The standard InChI is InChI=1S/C27H27N5O4S/c1-34-22-10-7-19(8-11-22)28-18-25-30-31-27(32(25)21-5-3-2-4-6-21)37-16-13-26(33)29-20-9-12-23-24(17-20)36-15-14-35-23/h2-12,17,28H,13-16,18H2,1H3,(H,29,33). The minimum absolute atomic E-state index is 0.0867. The molecule has 3 aromatic carbocycles. The summed E-state index contributed by atoms with van der Waals surface area (Å²) < 4.78 is 18.4. The predicted molar refractivity (Wildman–Crippen MR) is 143 cm³/mol. The number of fused-ring (bicyclic) bond motifs is 1. The lowest BCUT2D eigenvalue weighted by Crippen LogP contribution is -2.16. The van der Waals surface area contributed by atoms with Crippen LogP contribution in [0.1, 0.15) is 12.2 Å². The zero-order valence-electron chi connectivity index (χ0n) is 20.3. The highest BCUT2D eigenvalue weighted by Crippen LogP contribution is 2.32. The van der Waals surface area contributed by atoms with Crippen molar-refractivity contribution < 1.29 is 19.0 Å². The summed E-state index contributed by atoms with van der Waals surface area (Å²) >= 11 is 1.49. The normalized spacial score (nSPS) is 12.1. The molecule has 37 heavy (non-hydrogen) atoms. The largest absolute Gasteiger partial charge is 0.497 e. The molecule has 0 bridgehead atoms. The highest BCUT2D eigenvalue weighted by atomic mass is 32.2. The lowest BCUT2D eigenvalue weighted by atomic mass is 10.2. The Hall–Kier alpha value is -4.18. The number of rotatable bonds is 10. The SMILES string of the molecule is COc1ccc(NCc2nnc(SCCC(=O)Nc3ccc4c(c3)OCCO4)n2-c2ccccc2)cc1. The van der Waals surface area contributed by atoms with E-state index < -0.39 is 0 Å². The molecule has 1 aromatic heterocycles. The number of carbonyl (C=O) groups excluding carboxylic acids is 1. The van der Waals surface area contributed by atoms with E-state index in [1.165, 1.54) is 11.8 Å². The van der Waals surface area contributed by atoms with Crippen molar-refractivity contribution in [2.45, 2.75) is 18.1 Å². The van der Waals surface area contributed by atoms with Gasteiger partial charge in [-0.05, 0) is 48.5 Å². The molecule has 0 aliphatic carbocycles. The molecule has 190 valence electrons. The van der Waals surface area contributed by atoms with E-state index in [1.54, 1.807) is 13.2 Å². The summed E-state index contributed by atoms with van der Waals surface area (Å²) in [5.41, 5.74) is 2.59. The van der Waals surface area contributed by atoms with Crippen molar-refractivity contribution in [2.75, 3.05) is 36.7 Å². The molecule has 1 amide bonds. The summed E-state index contributed by atoms with van der Waals surface area (Å²) in [5.74, 6) is 3.37. The molecule has 9 nitrogen and oxygen atoms in total. The van der Waals surface area contributed by atoms with Crippen molar-refractivity contribution in [1.29, 1.82) is 0 Å². The summed E-state index contributed by atoms with van der Waals surface area (Å²) in [5, 5.41) is 15.9. The van der Waals surface area contributed by atoms with Gasteiger partial charge in [0.05, 0.1) is 13.7 Å². The Morgan fingerprint density at radius 1 is 0.973 bits per heavy atom. The molecule has 0 saturated heterocycles. The number of anilines is 2. The number of aromatic nitrogens is 3. The average molecular weight is 518 g/mol. The van der Waals surface area contributed by atoms with Gasteiger partial charge in [-0.3, -0.25) is 9.36 Å². The number of ether oxygens (including phenoxy) is 3. The molecular formula is C27H27N5O4S.